The number of nitrogens with one attached hydrogen (secondary N) is 1. The average molecular weight is 255 g/mol. The smallest absolute Gasteiger partial charge is 0.325 e. The summed E-state index contributed by atoms with van der Waals surface area (Å²) in [5.74, 6) is -2.37. The molecule has 0 fully saturated rings. The Balaban J connectivity index is 2.52. The number of ether oxygens (including phenoxy) is 1. The number of aliphatic carboxylic acids is 1. The fraction of sp³-hybridized carbons (Fsp3) is 0.333. The molecule has 0 bridgehead atoms. The second-order valence-electron chi connectivity index (χ2n) is 3.85. The lowest BCUT2D eigenvalue weighted by Crippen LogP contribution is -2.40. The number of amides is 1. The van der Waals surface area contributed by atoms with E-state index in [9.17, 15) is 14.0 Å². The Labute approximate surface area is 104 Å². The molecular formula is C12H14FNO4. The number of hydrogen-bond acceptors (Lipinski definition) is 3. The first kappa shape index (κ1) is 14.0. The third-order valence-electron chi connectivity index (χ3n) is 2.19. The molecule has 0 aliphatic rings. The lowest BCUT2D eigenvalue weighted by Gasteiger charge is -2.11. The fourth-order valence-corrected chi connectivity index (χ4v) is 1.21. The summed E-state index contributed by atoms with van der Waals surface area (Å²) in [5, 5.41) is 10.8. The van der Waals surface area contributed by atoms with Gasteiger partial charge in [-0.2, -0.15) is 0 Å². The van der Waals surface area contributed by atoms with Crippen LogP contribution in [0.5, 0.6) is 5.75 Å². The highest BCUT2D eigenvalue weighted by Gasteiger charge is 2.14. The molecule has 1 amide bonds. The van der Waals surface area contributed by atoms with Gasteiger partial charge in [-0.25, -0.2) is 4.39 Å². The largest absolute Gasteiger partial charge is 0.481 e. The maximum Gasteiger partial charge on any atom is 0.325 e. The van der Waals surface area contributed by atoms with Gasteiger partial charge >= 0.3 is 5.97 Å². The normalized spacial score (nSPS) is 11.7. The fourth-order valence-electron chi connectivity index (χ4n) is 1.21. The minimum atomic E-state index is -1.15. The number of carboxylic acids is 1. The summed E-state index contributed by atoms with van der Waals surface area (Å²) in [6.07, 6.45) is 0. The van der Waals surface area contributed by atoms with Gasteiger partial charge in [0.05, 0.1) is 0 Å². The molecule has 5 nitrogen and oxygen atoms in total. The van der Waals surface area contributed by atoms with Gasteiger partial charge in [-0.05, 0) is 31.5 Å². The molecule has 0 spiro atoms. The van der Waals surface area contributed by atoms with E-state index in [1.807, 2.05) is 0 Å². The van der Waals surface area contributed by atoms with Crippen molar-refractivity contribution >= 4 is 11.9 Å². The van der Waals surface area contributed by atoms with Crippen molar-refractivity contribution in [3.05, 3.63) is 29.6 Å². The highest BCUT2D eigenvalue weighted by atomic mass is 19.1. The average Bonchev–Trinajstić information content (AvgIpc) is 2.30. The zero-order valence-corrected chi connectivity index (χ0v) is 10.1. The number of benzene rings is 1. The van der Waals surface area contributed by atoms with E-state index in [-0.39, 0.29) is 5.75 Å². The van der Waals surface area contributed by atoms with Crippen molar-refractivity contribution in [3.8, 4) is 5.75 Å². The molecule has 98 valence electrons. The summed E-state index contributed by atoms with van der Waals surface area (Å²) < 4.78 is 18.2. The summed E-state index contributed by atoms with van der Waals surface area (Å²) >= 11 is 0. The Morgan fingerprint density at radius 3 is 2.78 bits per heavy atom. The van der Waals surface area contributed by atoms with Crippen LogP contribution in [-0.4, -0.2) is 29.6 Å². The molecule has 6 heteroatoms. The van der Waals surface area contributed by atoms with Crippen LogP contribution in [0.15, 0.2) is 18.2 Å². The van der Waals surface area contributed by atoms with Crippen molar-refractivity contribution in [3.63, 3.8) is 0 Å². The third kappa shape index (κ3) is 4.04. The van der Waals surface area contributed by atoms with Gasteiger partial charge in [0.2, 0.25) is 0 Å². The van der Waals surface area contributed by atoms with Crippen LogP contribution in [-0.2, 0) is 9.59 Å². The van der Waals surface area contributed by atoms with Crippen molar-refractivity contribution in [2.24, 2.45) is 0 Å². The van der Waals surface area contributed by atoms with Crippen LogP contribution in [0.2, 0.25) is 0 Å². The van der Waals surface area contributed by atoms with E-state index in [0.29, 0.717) is 0 Å². The van der Waals surface area contributed by atoms with E-state index in [2.05, 4.69) is 5.32 Å². The molecule has 0 aromatic heterocycles. The van der Waals surface area contributed by atoms with Gasteiger partial charge in [0.25, 0.3) is 5.91 Å². The predicted octanol–water partition coefficient (Wildman–Crippen LogP) is 1.10. The van der Waals surface area contributed by atoms with Crippen LogP contribution in [0.3, 0.4) is 0 Å². The molecule has 1 aromatic rings. The highest BCUT2D eigenvalue weighted by molar-refractivity contribution is 5.84. The molecule has 1 aromatic carbocycles. The molecule has 18 heavy (non-hydrogen) atoms. The number of carbonyl (C=O) groups excluding carboxylic acids is 1. The van der Waals surface area contributed by atoms with Crippen molar-refractivity contribution in [2.45, 2.75) is 19.9 Å². The van der Waals surface area contributed by atoms with Crippen molar-refractivity contribution in [1.82, 2.24) is 5.32 Å². The lowest BCUT2D eigenvalue weighted by atomic mass is 10.2. The first-order valence-electron chi connectivity index (χ1n) is 5.31. The molecule has 0 saturated carbocycles. The van der Waals surface area contributed by atoms with Crippen LogP contribution >= 0.6 is 0 Å². The van der Waals surface area contributed by atoms with Gasteiger partial charge in [0.15, 0.2) is 18.2 Å². The number of hydrogen-bond donors (Lipinski definition) is 2. The molecule has 2 N–H and O–H groups in total. The lowest BCUT2D eigenvalue weighted by molar-refractivity contribution is -0.141. The van der Waals surface area contributed by atoms with Gasteiger partial charge < -0.3 is 15.2 Å². The topological polar surface area (TPSA) is 75.6 Å². The van der Waals surface area contributed by atoms with Crippen LogP contribution in [0.1, 0.15) is 12.5 Å². The molecule has 0 radical (unpaired) electrons. The van der Waals surface area contributed by atoms with Crippen LogP contribution in [0.25, 0.3) is 0 Å². The molecular weight excluding hydrogens is 241 g/mol. The maximum absolute atomic E-state index is 13.3. The zero-order valence-electron chi connectivity index (χ0n) is 10.1. The number of aryl methyl sites for hydroxylation is 1. The summed E-state index contributed by atoms with van der Waals surface area (Å²) in [6.45, 7) is 2.66. The summed E-state index contributed by atoms with van der Waals surface area (Å²) in [6, 6.07) is 3.27. The molecule has 1 rings (SSSR count). The number of carboxylic acid groups (broad SMARTS) is 1. The van der Waals surface area contributed by atoms with Crippen LogP contribution in [0, 0.1) is 12.7 Å². The Bertz CT molecular complexity index is 461. The standard InChI is InChI=1S/C12H14FNO4/c1-7-3-4-9(13)10(5-7)18-6-11(15)14-8(2)12(16)17/h3-5,8H,6H2,1-2H3,(H,14,15)(H,16,17)/t8-/m1/s1. The van der Waals surface area contributed by atoms with E-state index >= 15 is 0 Å². The SMILES string of the molecule is Cc1ccc(F)c(OCC(=O)N[C@H](C)C(=O)O)c1. The Hall–Kier alpha value is -2.11. The molecule has 0 unspecified atom stereocenters. The summed E-state index contributed by atoms with van der Waals surface area (Å²) in [4.78, 5) is 21.8. The number of halogens is 1. The van der Waals surface area contributed by atoms with Crippen LogP contribution in [0.4, 0.5) is 4.39 Å². The van der Waals surface area contributed by atoms with Gasteiger partial charge in [-0.3, -0.25) is 9.59 Å². The van der Waals surface area contributed by atoms with Crippen molar-refractivity contribution in [2.75, 3.05) is 6.61 Å². The second kappa shape index (κ2) is 6.00. The number of rotatable bonds is 5. The van der Waals surface area contributed by atoms with E-state index in [4.69, 9.17) is 9.84 Å². The maximum atomic E-state index is 13.3. The van der Waals surface area contributed by atoms with Gasteiger partial charge in [-0.15, -0.1) is 0 Å². The second-order valence-corrected chi connectivity index (χ2v) is 3.85. The Morgan fingerprint density at radius 2 is 2.17 bits per heavy atom. The summed E-state index contributed by atoms with van der Waals surface area (Å²) in [7, 11) is 0. The van der Waals surface area contributed by atoms with E-state index < -0.39 is 30.3 Å². The minimum Gasteiger partial charge on any atom is -0.481 e. The van der Waals surface area contributed by atoms with E-state index in [1.54, 1.807) is 13.0 Å². The molecule has 0 aliphatic heterocycles. The van der Waals surface area contributed by atoms with E-state index in [0.717, 1.165) is 5.56 Å². The quantitative estimate of drug-likeness (QED) is 0.826. The minimum absolute atomic E-state index is 0.0341. The molecule has 1 atom stereocenters. The van der Waals surface area contributed by atoms with Crippen LogP contribution < -0.4 is 10.1 Å². The Morgan fingerprint density at radius 1 is 1.50 bits per heavy atom. The Kier molecular flexibility index (Phi) is 4.65. The van der Waals surface area contributed by atoms with Crippen molar-refractivity contribution < 1.29 is 23.8 Å². The van der Waals surface area contributed by atoms with Gasteiger partial charge in [0, 0.05) is 0 Å². The third-order valence-corrected chi connectivity index (χ3v) is 2.19. The first-order chi connectivity index (χ1) is 8.40. The molecule has 0 heterocycles. The molecule has 0 saturated heterocycles. The predicted molar refractivity (Wildman–Crippen MR) is 61.9 cm³/mol. The van der Waals surface area contributed by atoms with E-state index in [1.165, 1.54) is 19.1 Å². The zero-order chi connectivity index (χ0) is 13.7. The number of carbonyl (C=O) groups is 2. The highest BCUT2D eigenvalue weighted by Crippen LogP contribution is 2.17. The first-order valence-corrected chi connectivity index (χ1v) is 5.31. The molecule has 0 aliphatic carbocycles. The summed E-state index contributed by atoms with van der Waals surface area (Å²) in [5.41, 5.74) is 0.797. The van der Waals surface area contributed by atoms with Crippen molar-refractivity contribution in [1.29, 1.82) is 0 Å². The monoisotopic (exact) mass is 255 g/mol. The van der Waals surface area contributed by atoms with Gasteiger partial charge in [0.1, 0.15) is 6.04 Å². The van der Waals surface area contributed by atoms with Gasteiger partial charge in [-0.1, -0.05) is 6.07 Å².